The van der Waals surface area contributed by atoms with E-state index in [4.69, 9.17) is 27.2 Å². The van der Waals surface area contributed by atoms with E-state index in [1.54, 1.807) is 12.1 Å². The van der Waals surface area contributed by atoms with Gasteiger partial charge < -0.3 is 9.16 Å². The Labute approximate surface area is 128 Å². The Balaban J connectivity index is 2.63. The lowest BCUT2D eigenvalue weighted by atomic mass is 10.2. The molecule has 4 heteroatoms. The molecule has 0 aliphatic rings. The summed E-state index contributed by atoms with van der Waals surface area (Å²) in [5.41, 5.74) is 0. The van der Waals surface area contributed by atoms with Gasteiger partial charge in [-0.15, -0.1) is 6.42 Å². The normalized spacial score (nSPS) is 13.7. The van der Waals surface area contributed by atoms with Crippen molar-refractivity contribution >= 4 is 19.9 Å². The highest BCUT2D eigenvalue weighted by molar-refractivity contribution is 6.74. The van der Waals surface area contributed by atoms with Crippen LogP contribution in [0.4, 0.5) is 0 Å². The van der Waals surface area contributed by atoms with Crippen molar-refractivity contribution in [2.75, 3.05) is 6.61 Å². The van der Waals surface area contributed by atoms with Gasteiger partial charge in [0.2, 0.25) is 0 Å². The molecule has 110 valence electrons. The molecule has 0 fully saturated rings. The minimum Gasteiger partial charge on any atom is -0.490 e. The minimum atomic E-state index is -1.89. The molecular formula is C16H23ClO2Si. The molecule has 0 aliphatic heterocycles. The van der Waals surface area contributed by atoms with Gasteiger partial charge in [-0.25, -0.2) is 0 Å². The van der Waals surface area contributed by atoms with Gasteiger partial charge >= 0.3 is 0 Å². The zero-order chi connectivity index (χ0) is 15.4. The zero-order valence-corrected chi connectivity index (χ0v) is 14.6. The van der Waals surface area contributed by atoms with Gasteiger partial charge in [0.25, 0.3) is 0 Å². The lowest BCUT2D eigenvalue weighted by molar-refractivity contribution is 0.157. The molecule has 1 rings (SSSR count). The molecule has 0 radical (unpaired) electrons. The highest BCUT2D eigenvalue weighted by atomic mass is 35.5. The molecule has 20 heavy (non-hydrogen) atoms. The van der Waals surface area contributed by atoms with Gasteiger partial charge in [-0.1, -0.05) is 44.4 Å². The van der Waals surface area contributed by atoms with Crippen LogP contribution in [0.3, 0.4) is 0 Å². The molecule has 2 nitrogen and oxygen atoms in total. The molecule has 0 saturated heterocycles. The number of halogens is 1. The molecule has 1 aromatic rings. The van der Waals surface area contributed by atoms with Crippen LogP contribution in [0.15, 0.2) is 24.3 Å². The van der Waals surface area contributed by atoms with Crippen molar-refractivity contribution in [2.24, 2.45) is 0 Å². The second kappa shape index (κ2) is 6.67. The van der Waals surface area contributed by atoms with Gasteiger partial charge in [-0.05, 0) is 36.3 Å². The third-order valence-electron chi connectivity index (χ3n) is 3.63. The monoisotopic (exact) mass is 310 g/mol. The molecule has 0 aliphatic carbocycles. The average Bonchev–Trinajstić information content (AvgIpc) is 2.33. The Kier molecular flexibility index (Phi) is 5.70. The number of rotatable bonds is 5. The fraction of sp³-hybridized carbons (Fsp3) is 0.500. The summed E-state index contributed by atoms with van der Waals surface area (Å²) in [4.78, 5) is 0. The van der Waals surface area contributed by atoms with Crippen molar-refractivity contribution in [2.45, 2.75) is 45.0 Å². The van der Waals surface area contributed by atoms with Crippen LogP contribution < -0.4 is 4.74 Å². The molecule has 1 atom stereocenters. The third kappa shape index (κ3) is 4.86. The van der Waals surface area contributed by atoms with Crippen LogP contribution in [-0.2, 0) is 4.43 Å². The Morgan fingerprint density at radius 3 is 2.50 bits per heavy atom. The van der Waals surface area contributed by atoms with E-state index in [1.807, 2.05) is 12.1 Å². The average molecular weight is 311 g/mol. The topological polar surface area (TPSA) is 18.5 Å². The summed E-state index contributed by atoms with van der Waals surface area (Å²) in [7, 11) is -1.89. The molecule has 0 saturated carbocycles. The molecule has 0 heterocycles. The van der Waals surface area contributed by atoms with E-state index in [0.717, 1.165) is 0 Å². The molecule has 0 spiro atoms. The van der Waals surface area contributed by atoms with Crippen LogP contribution in [-0.4, -0.2) is 21.0 Å². The first-order chi connectivity index (χ1) is 9.15. The Bertz CT molecular complexity index is 486. The van der Waals surface area contributed by atoms with E-state index in [9.17, 15) is 0 Å². The fourth-order valence-electron chi connectivity index (χ4n) is 1.38. The van der Waals surface area contributed by atoms with Crippen LogP contribution in [0.2, 0.25) is 23.2 Å². The molecular weight excluding hydrogens is 288 g/mol. The summed E-state index contributed by atoms with van der Waals surface area (Å²) in [6.07, 6.45) is 5.22. The first-order valence-electron chi connectivity index (χ1n) is 6.68. The first kappa shape index (κ1) is 17.1. The predicted molar refractivity (Wildman–Crippen MR) is 87.9 cm³/mol. The summed E-state index contributed by atoms with van der Waals surface area (Å²) >= 11 is 5.92. The van der Waals surface area contributed by atoms with Gasteiger partial charge in [0.15, 0.2) is 8.32 Å². The van der Waals surface area contributed by atoms with Gasteiger partial charge in [-0.3, -0.25) is 0 Å². The largest absolute Gasteiger partial charge is 0.490 e. The number of ether oxygens (including phenoxy) is 1. The number of hydrogen-bond donors (Lipinski definition) is 0. The highest BCUT2D eigenvalue weighted by Gasteiger charge is 2.39. The Hall–Kier alpha value is -0.953. The summed E-state index contributed by atoms with van der Waals surface area (Å²) in [6, 6.07) is 7.27. The lowest BCUT2D eigenvalue weighted by Gasteiger charge is -2.37. The van der Waals surface area contributed by atoms with Crippen molar-refractivity contribution in [3.8, 4) is 18.1 Å². The second-order valence-electron chi connectivity index (χ2n) is 6.30. The maximum atomic E-state index is 6.15. The summed E-state index contributed by atoms with van der Waals surface area (Å²) in [5.74, 6) is 3.37. The van der Waals surface area contributed by atoms with E-state index < -0.39 is 8.32 Å². The maximum absolute atomic E-state index is 6.15. The van der Waals surface area contributed by atoms with Crippen molar-refractivity contribution < 1.29 is 9.16 Å². The summed E-state index contributed by atoms with van der Waals surface area (Å²) in [6.45, 7) is 11.2. The molecule has 0 N–H and O–H groups in total. The zero-order valence-electron chi connectivity index (χ0n) is 12.9. The fourth-order valence-corrected chi connectivity index (χ4v) is 2.76. The standard InChI is InChI=1S/C16H23ClO2Si/c1-7-14(19-20(5,6)16(2,3)4)12-18-15-10-8-9-13(17)11-15/h1,8-11,14H,12H2,2-6H3/t14-/m1/s1. The van der Waals surface area contributed by atoms with E-state index in [-0.39, 0.29) is 11.1 Å². The predicted octanol–water partition coefficient (Wildman–Crippen LogP) is 4.74. The smallest absolute Gasteiger partial charge is 0.193 e. The quantitative estimate of drug-likeness (QED) is 0.577. The molecule has 0 bridgehead atoms. The van der Waals surface area contributed by atoms with Gasteiger partial charge in [-0.2, -0.15) is 0 Å². The van der Waals surface area contributed by atoms with E-state index in [0.29, 0.717) is 17.4 Å². The van der Waals surface area contributed by atoms with Gasteiger partial charge in [0.05, 0.1) is 0 Å². The van der Waals surface area contributed by atoms with Crippen LogP contribution in [0.25, 0.3) is 0 Å². The highest BCUT2D eigenvalue weighted by Crippen LogP contribution is 2.37. The van der Waals surface area contributed by atoms with Crippen molar-refractivity contribution in [1.29, 1.82) is 0 Å². The number of hydrogen-bond acceptors (Lipinski definition) is 2. The maximum Gasteiger partial charge on any atom is 0.193 e. The second-order valence-corrected chi connectivity index (χ2v) is 11.5. The van der Waals surface area contributed by atoms with Crippen molar-refractivity contribution in [3.05, 3.63) is 29.3 Å². The van der Waals surface area contributed by atoms with Gasteiger partial charge in [0, 0.05) is 5.02 Å². The first-order valence-corrected chi connectivity index (χ1v) is 9.96. The molecule has 0 amide bonds. The Morgan fingerprint density at radius 1 is 1.35 bits per heavy atom. The van der Waals surface area contributed by atoms with Crippen molar-refractivity contribution in [1.82, 2.24) is 0 Å². The third-order valence-corrected chi connectivity index (χ3v) is 8.35. The van der Waals surface area contributed by atoms with Crippen LogP contribution in [0, 0.1) is 12.3 Å². The lowest BCUT2D eigenvalue weighted by Crippen LogP contribution is -2.45. The number of benzene rings is 1. The Morgan fingerprint density at radius 2 is 2.00 bits per heavy atom. The molecule has 0 aromatic heterocycles. The summed E-state index contributed by atoms with van der Waals surface area (Å²) < 4.78 is 11.8. The van der Waals surface area contributed by atoms with Crippen molar-refractivity contribution in [3.63, 3.8) is 0 Å². The molecule has 0 unspecified atom stereocenters. The minimum absolute atomic E-state index is 0.123. The van der Waals surface area contributed by atoms with E-state index in [2.05, 4.69) is 39.8 Å². The number of terminal acetylenes is 1. The van der Waals surface area contributed by atoms with Crippen LogP contribution >= 0.6 is 11.6 Å². The van der Waals surface area contributed by atoms with E-state index in [1.165, 1.54) is 0 Å². The molecule has 1 aromatic carbocycles. The van der Waals surface area contributed by atoms with Gasteiger partial charge in [0.1, 0.15) is 18.5 Å². The van der Waals surface area contributed by atoms with Crippen LogP contribution in [0.5, 0.6) is 5.75 Å². The summed E-state index contributed by atoms with van der Waals surface area (Å²) in [5, 5.41) is 0.767. The van der Waals surface area contributed by atoms with Crippen LogP contribution in [0.1, 0.15) is 20.8 Å². The van der Waals surface area contributed by atoms with E-state index >= 15 is 0 Å². The SMILES string of the molecule is C#C[C@H](COc1cccc(Cl)c1)O[Si](C)(C)C(C)(C)C.